The Morgan fingerprint density at radius 3 is 2.31 bits per heavy atom. The lowest BCUT2D eigenvalue weighted by atomic mass is 10.1. The Morgan fingerprint density at radius 2 is 1.62 bits per heavy atom. The van der Waals surface area contributed by atoms with Crippen LogP contribution in [0.15, 0.2) is 64.6 Å². The molecule has 2 aromatic carbocycles. The normalized spacial score (nSPS) is 18.5. The van der Waals surface area contributed by atoms with Gasteiger partial charge in [0.05, 0.1) is 0 Å². The second kappa shape index (κ2) is 8.88. The van der Waals surface area contributed by atoms with E-state index in [0.29, 0.717) is 31.9 Å². The van der Waals surface area contributed by atoms with Gasteiger partial charge in [0.25, 0.3) is 5.91 Å². The molecule has 8 heteroatoms. The highest BCUT2D eigenvalue weighted by Crippen LogP contribution is 2.38. The summed E-state index contributed by atoms with van der Waals surface area (Å²) in [7, 11) is 0. The summed E-state index contributed by atoms with van der Waals surface area (Å²) in [5.41, 5.74) is 3.21. The number of amides is 1. The molecule has 0 N–H and O–H groups in total. The lowest BCUT2D eigenvalue weighted by molar-refractivity contribution is -0.158. The number of hydrogen-bond donors (Lipinski definition) is 0. The number of hydrogen-bond acceptors (Lipinski definition) is 7. The van der Waals surface area contributed by atoms with Gasteiger partial charge in [0, 0.05) is 43.6 Å². The lowest BCUT2D eigenvalue weighted by Gasteiger charge is -2.26. The first-order valence-electron chi connectivity index (χ1n) is 10.6. The Kier molecular flexibility index (Phi) is 5.80. The molecule has 0 spiro atoms. The number of carbonyl (C=O) groups is 2. The Hall–Kier alpha value is -2.97. The molecular formula is C24H24N2O5S. The summed E-state index contributed by atoms with van der Waals surface area (Å²) in [5, 5.41) is 0. The summed E-state index contributed by atoms with van der Waals surface area (Å²) in [6.07, 6.45) is -0.906. The molecule has 0 aromatic heterocycles. The summed E-state index contributed by atoms with van der Waals surface area (Å²) >= 11 is 1.69. The van der Waals surface area contributed by atoms with Crippen LogP contribution >= 0.6 is 11.9 Å². The molecule has 3 aliphatic heterocycles. The van der Waals surface area contributed by atoms with Crippen molar-refractivity contribution in [2.45, 2.75) is 17.9 Å². The number of carbonyl (C=O) groups excluding carboxylic acids is 2. The van der Waals surface area contributed by atoms with Gasteiger partial charge in [-0.2, -0.15) is 0 Å². The molecule has 1 atom stereocenters. The monoisotopic (exact) mass is 452 g/mol. The van der Waals surface area contributed by atoms with Gasteiger partial charge < -0.3 is 19.1 Å². The minimum Gasteiger partial charge on any atom is -0.486 e. The third-order valence-electron chi connectivity index (χ3n) is 5.67. The fourth-order valence-electron chi connectivity index (χ4n) is 4.22. The molecule has 0 bridgehead atoms. The van der Waals surface area contributed by atoms with E-state index in [-0.39, 0.29) is 5.91 Å². The highest BCUT2D eigenvalue weighted by molar-refractivity contribution is 7.97. The lowest BCUT2D eigenvalue weighted by Crippen LogP contribution is -2.37. The van der Waals surface area contributed by atoms with Gasteiger partial charge in [0.1, 0.15) is 13.2 Å². The predicted molar refractivity (Wildman–Crippen MR) is 119 cm³/mol. The molecule has 3 aliphatic rings. The predicted octanol–water partition coefficient (Wildman–Crippen LogP) is 3.22. The van der Waals surface area contributed by atoms with Crippen molar-refractivity contribution in [3.63, 3.8) is 0 Å². The van der Waals surface area contributed by atoms with Crippen molar-refractivity contribution in [3.8, 4) is 11.5 Å². The minimum absolute atomic E-state index is 0.174. The van der Waals surface area contributed by atoms with Crippen molar-refractivity contribution in [1.82, 2.24) is 9.21 Å². The Labute approximate surface area is 191 Å². The van der Waals surface area contributed by atoms with Crippen molar-refractivity contribution in [1.29, 1.82) is 0 Å². The molecular weight excluding hydrogens is 428 g/mol. The Balaban J connectivity index is 1.21. The van der Waals surface area contributed by atoms with E-state index < -0.39 is 12.1 Å². The summed E-state index contributed by atoms with van der Waals surface area (Å²) in [4.78, 5) is 27.7. The van der Waals surface area contributed by atoms with E-state index in [2.05, 4.69) is 4.31 Å². The Morgan fingerprint density at radius 1 is 0.938 bits per heavy atom. The van der Waals surface area contributed by atoms with Crippen LogP contribution in [0.3, 0.4) is 0 Å². The van der Waals surface area contributed by atoms with Crippen molar-refractivity contribution in [2.75, 3.05) is 39.4 Å². The second-order valence-corrected chi connectivity index (χ2v) is 9.17. The van der Waals surface area contributed by atoms with E-state index in [4.69, 9.17) is 14.2 Å². The van der Waals surface area contributed by atoms with E-state index in [0.717, 1.165) is 29.5 Å². The van der Waals surface area contributed by atoms with Crippen LogP contribution in [-0.2, 0) is 14.3 Å². The van der Waals surface area contributed by atoms with Crippen LogP contribution in [0.5, 0.6) is 11.5 Å². The van der Waals surface area contributed by atoms with Gasteiger partial charge in [-0.1, -0.05) is 30.3 Å². The highest BCUT2D eigenvalue weighted by Gasteiger charge is 2.36. The zero-order chi connectivity index (χ0) is 22.1. The number of nitrogens with zero attached hydrogens (tertiary/aromatic N) is 2. The first-order valence-corrected chi connectivity index (χ1v) is 11.4. The van der Waals surface area contributed by atoms with E-state index in [1.807, 2.05) is 48.5 Å². The standard InChI is InChI=1S/C24H24N2O5S/c1-16(27)31-23(17-5-3-2-4-6-17)24(28)25-12-18-14-26(15-19(18)13-25)32-20-7-8-21-22(11-20)30-10-9-29-21/h2-8,11,23H,9-10,12-15H2,1H3. The molecule has 32 heavy (non-hydrogen) atoms. The molecule has 2 aromatic rings. The maximum Gasteiger partial charge on any atom is 0.303 e. The van der Waals surface area contributed by atoms with E-state index in [1.54, 1.807) is 16.8 Å². The van der Waals surface area contributed by atoms with Crippen LogP contribution in [0, 0.1) is 0 Å². The topological polar surface area (TPSA) is 68.3 Å². The average molecular weight is 453 g/mol. The molecule has 0 saturated heterocycles. The fraction of sp³-hybridized carbons (Fsp3) is 0.333. The largest absolute Gasteiger partial charge is 0.486 e. The Bertz CT molecular complexity index is 1050. The first kappa shape index (κ1) is 20.9. The third kappa shape index (κ3) is 4.33. The van der Waals surface area contributed by atoms with Crippen LogP contribution in [0.1, 0.15) is 18.6 Å². The number of ether oxygens (including phenoxy) is 3. The SMILES string of the molecule is CC(=O)OC(C(=O)N1CC2=C(CN(Sc3ccc4c(c3)OCCO4)C2)C1)c1ccccc1. The molecule has 1 amide bonds. The molecule has 166 valence electrons. The summed E-state index contributed by atoms with van der Waals surface area (Å²) in [6, 6.07) is 15.2. The van der Waals surface area contributed by atoms with Crippen LogP contribution < -0.4 is 9.47 Å². The van der Waals surface area contributed by atoms with Gasteiger partial charge in [-0.25, -0.2) is 4.31 Å². The van der Waals surface area contributed by atoms with Crippen LogP contribution in [-0.4, -0.2) is 60.5 Å². The van der Waals surface area contributed by atoms with Crippen molar-refractivity contribution in [2.24, 2.45) is 0 Å². The summed E-state index contributed by atoms with van der Waals surface area (Å²) < 4.78 is 19.0. The minimum atomic E-state index is -0.906. The van der Waals surface area contributed by atoms with Gasteiger partial charge >= 0.3 is 5.97 Å². The quantitative estimate of drug-likeness (QED) is 0.392. The average Bonchev–Trinajstić information content (AvgIpc) is 3.36. The summed E-state index contributed by atoms with van der Waals surface area (Å²) in [5.74, 6) is 0.938. The van der Waals surface area contributed by atoms with Gasteiger partial charge in [-0.3, -0.25) is 9.59 Å². The maximum atomic E-state index is 13.2. The van der Waals surface area contributed by atoms with Crippen LogP contribution in [0.4, 0.5) is 0 Å². The molecule has 0 radical (unpaired) electrons. The van der Waals surface area contributed by atoms with Gasteiger partial charge in [-0.05, 0) is 41.3 Å². The third-order valence-corrected chi connectivity index (χ3v) is 6.65. The fourth-order valence-corrected chi connectivity index (χ4v) is 5.24. The zero-order valence-corrected chi connectivity index (χ0v) is 18.6. The van der Waals surface area contributed by atoms with E-state index >= 15 is 0 Å². The molecule has 3 heterocycles. The number of benzene rings is 2. The van der Waals surface area contributed by atoms with Crippen LogP contribution in [0.2, 0.25) is 0 Å². The molecule has 0 saturated carbocycles. The van der Waals surface area contributed by atoms with Gasteiger partial charge in [-0.15, -0.1) is 0 Å². The smallest absolute Gasteiger partial charge is 0.303 e. The molecule has 7 nitrogen and oxygen atoms in total. The zero-order valence-electron chi connectivity index (χ0n) is 17.8. The van der Waals surface area contributed by atoms with Crippen molar-refractivity contribution < 1.29 is 23.8 Å². The van der Waals surface area contributed by atoms with E-state index in [9.17, 15) is 9.59 Å². The second-order valence-electron chi connectivity index (χ2n) is 8.00. The number of fused-ring (bicyclic) bond motifs is 1. The van der Waals surface area contributed by atoms with Crippen LogP contribution in [0.25, 0.3) is 0 Å². The van der Waals surface area contributed by atoms with Gasteiger partial charge in [0.15, 0.2) is 11.5 Å². The molecule has 0 aliphatic carbocycles. The highest BCUT2D eigenvalue weighted by atomic mass is 32.2. The van der Waals surface area contributed by atoms with Crippen molar-refractivity contribution >= 4 is 23.8 Å². The summed E-state index contributed by atoms with van der Waals surface area (Å²) in [6.45, 7) is 5.21. The molecule has 0 fully saturated rings. The molecule has 5 rings (SSSR count). The first-order chi connectivity index (χ1) is 15.6. The van der Waals surface area contributed by atoms with Gasteiger partial charge in [0.2, 0.25) is 6.10 Å². The number of rotatable bonds is 5. The number of esters is 1. The van der Waals surface area contributed by atoms with E-state index in [1.165, 1.54) is 18.1 Å². The van der Waals surface area contributed by atoms with Crippen molar-refractivity contribution in [3.05, 3.63) is 65.2 Å². The molecule has 1 unspecified atom stereocenters. The maximum absolute atomic E-state index is 13.2.